The van der Waals surface area contributed by atoms with Gasteiger partial charge in [0.2, 0.25) is 5.91 Å². The van der Waals surface area contributed by atoms with E-state index in [-0.39, 0.29) is 35.6 Å². The predicted molar refractivity (Wildman–Crippen MR) is 142 cm³/mol. The van der Waals surface area contributed by atoms with Gasteiger partial charge in [-0.25, -0.2) is 4.79 Å². The predicted octanol–water partition coefficient (Wildman–Crippen LogP) is 5.11. The second-order valence-corrected chi connectivity index (χ2v) is 13.0. The summed E-state index contributed by atoms with van der Waals surface area (Å²) in [5.74, 6) is 2.12. The Hall–Kier alpha value is -1.93. The topological polar surface area (TPSA) is 77.1 Å². The Labute approximate surface area is 220 Å². The fraction of sp³-hybridized carbons (Fsp3) is 0.714. The molecule has 0 aliphatic carbocycles. The summed E-state index contributed by atoms with van der Waals surface area (Å²) in [5.41, 5.74) is 1.35. The molecule has 2 fully saturated rings. The van der Waals surface area contributed by atoms with Crippen molar-refractivity contribution in [3.63, 3.8) is 0 Å². The molecule has 3 aliphatic heterocycles. The van der Waals surface area contributed by atoms with Crippen LogP contribution in [0.3, 0.4) is 0 Å². The highest BCUT2D eigenvalue weighted by molar-refractivity contribution is 7.98. The summed E-state index contributed by atoms with van der Waals surface area (Å²) in [5, 5.41) is 2.83. The van der Waals surface area contributed by atoms with E-state index in [1.807, 2.05) is 31.9 Å². The molecule has 0 bridgehead atoms. The van der Waals surface area contributed by atoms with Crippen LogP contribution in [0.15, 0.2) is 18.2 Å². The standard InChI is InChI=1S/C28H42N2O5S/c1-17-8-9-19-23(14-17)34-28(5,6)20-15-18-16-30(12-10-22(18)33-24(19)20)25(31)21(11-13-36-7)29-26(32)35-27(2,3)4/h8-9,14,18,20-22,24H,10-13,15-16H2,1-7H3,(H,29,32)/t18-,20+,21+,22+,24-/m1/s1. The van der Waals surface area contributed by atoms with E-state index < -0.39 is 17.7 Å². The minimum atomic E-state index is -0.613. The Kier molecular flexibility index (Phi) is 7.87. The van der Waals surface area contributed by atoms with Crippen molar-refractivity contribution in [1.29, 1.82) is 0 Å². The molecule has 0 unspecified atom stereocenters. The van der Waals surface area contributed by atoms with Crippen LogP contribution in [0.1, 0.15) is 71.1 Å². The van der Waals surface area contributed by atoms with Crippen molar-refractivity contribution < 1.29 is 23.8 Å². The van der Waals surface area contributed by atoms with Crippen molar-refractivity contribution in [3.05, 3.63) is 29.3 Å². The first-order valence-electron chi connectivity index (χ1n) is 13.1. The quantitative estimate of drug-likeness (QED) is 0.584. The van der Waals surface area contributed by atoms with Gasteiger partial charge in [-0.05, 0) is 84.4 Å². The maximum atomic E-state index is 13.6. The number of hydrogen-bond donors (Lipinski definition) is 1. The number of likely N-dealkylation sites (tertiary alicyclic amines) is 1. The molecule has 0 saturated carbocycles. The largest absolute Gasteiger partial charge is 0.487 e. The number of nitrogens with one attached hydrogen (secondary N) is 1. The van der Waals surface area contributed by atoms with Crippen LogP contribution in [-0.2, 0) is 14.3 Å². The van der Waals surface area contributed by atoms with E-state index in [1.54, 1.807) is 11.8 Å². The number of fused-ring (bicyclic) bond motifs is 4. The van der Waals surface area contributed by atoms with E-state index in [0.717, 1.165) is 29.9 Å². The van der Waals surface area contributed by atoms with Crippen LogP contribution in [0, 0.1) is 18.8 Å². The summed E-state index contributed by atoms with van der Waals surface area (Å²) < 4.78 is 18.7. The minimum Gasteiger partial charge on any atom is -0.487 e. The van der Waals surface area contributed by atoms with Crippen LogP contribution < -0.4 is 10.1 Å². The number of carbonyl (C=O) groups excluding carboxylic acids is 2. The summed E-state index contributed by atoms with van der Waals surface area (Å²) in [4.78, 5) is 27.9. The normalized spacial score (nSPS) is 27.6. The fourth-order valence-electron chi connectivity index (χ4n) is 5.78. The lowest BCUT2D eigenvalue weighted by Crippen LogP contribution is -2.58. The molecule has 2 saturated heterocycles. The molecular weight excluding hydrogens is 476 g/mol. The zero-order valence-corrected chi connectivity index (χ0v) is 23.6. The minimum absolute atomic E-state index is 0.0102. The number of nitrogens with zero attached hydrogens (tertiary/aromatic N) is 1. The molecule has 1 N–H and O–H groups in total. The highest BCUT2D eigenvalue weighted by atomic mass is 32.2. The SMILES string of the molecule is CSCC[C@H](NC(=O)OC(C)(C)C)C(=O)N1CC[C@@H]2O[C@@H]3c4ccc(C)cc4OC(C)(C)[C@H]3C[C@@H]2C1. The first-order valence-corrected chi connectivity index (χ1v) is 14.5. The van der Waals surface area contributed by atoms with E-state index in [2.05, 4.69) is 44.3 Å². The van der Waals surface area contributed by atoms with Gasteiger partial charge in [-0.3, -0.25) is 4.79 Å². The Morgan fingerprint density at radius 3 is 2.75 bits per heavy atom. The zero-order chi connectivity index (χ0) is 26.3. The van der Waals surface area contributed by atoms with Crippen LogP contribution in [0.5, 0.6) is 5.75 Å². The number of aryl methyl sites for hydroxylation is 1. The lowest BCUT2D eigenvalue weighted by atomic mass is 9.70. The number of piperidine rings is 1. The molecule has 2 amide bonds. The van der Waals surface area contributed by atoms with Gasteiger partial charge < -0.3 is 24.4 Å². The lowest BCUT2D eigenvalue weighted by Gasteiger charge is -2.53. The maximum absolute atomic E-state index is 13.6. The van der Waals surface area contributed by atoms with E-state index >= 15 is 0 Å². The van der Waals surface area contributed by atoms with Crippen molar-refractivity contribution in [2.75, 3.05) is 25.1 Å². The number of alkyl carbamates (subject to hydrolysis) is 1. The van der Waals surface area contributed by atoms with Crippen LogP contribution in [0.4, 0.5) is 4.79 Å². The number of benzene rings is 1. The molecule has 1 aromatic carbocycles. The van der Waals surface area contributed by atoms with Gasteiger partial charge in [-0.2, -0.15) is 11.8 Å². The molecule has 4 rings (SSSR count). The lowest BCUT2D eigenvalue weighted by molar-refractivity contribution is -0.189. The Morgan fingerprint density at radius 1 is 1.31 bits per heavy atom. The molecule has 36 heavy (non-hydrogen) atoms. The van der Waals surface area contributed by atoms with Crippen molar-refractivity contribution in [3.8, 4) is 5.75 Å². The van der Waals surface area contributed by atoms with Crippen LogP contribution in [0.2, 0.25) is 0 Å². The van der Waals surface area contributed by atoms with Gasteiger partial charge >= 0.3 is 6.09 Å². The van der Waals surface area contributed by atoms with Gasteiger partial charge in [0.1, 0.15) is 23.0 Å². The van der Waals surface area contributed by atoms with Crippen molar-refractivity contribution in [2.45, 2.75) is 90.3 Å². The van der Waals surface area contributed by atoms with E-state index in [0.29, 0.717) is 19.5 Å². The van der Waals surface area contributed by atoms with Crippen LogP contribution >= 0.6 is 11.8 Å². The van der Waals surface area contributed by atoms with E-state index in [9.17, 15) is 9.59 Å². The van der Waals surface area contributed by atoms with Crippen LogP contribution in [-0.4, -0.2) is 65.3 Å². The fourth-order valence-corrected chi connectivity index (χ4v) is 6.25. The molecule has 5 atom stereocenters. The smallest absolute Gasteiger partial charge is 0.408 e. The van der Waals surface area contributed by atoms with Gasteiger partial charge in [0, 0.05) is 30.5 Å². The van der Waals surface area contributed by atoms with Crippen molar-refractivity contribution in [1.82, 2.24) is 10.2 Å². The van der Waals surface area contributed by atoms with E-state index in [4.69, 9.17) is 14.2 Å². The molecule has 200 valence electrons. The second kappa shape index (κ2) is 10.4. The van der Waals surface area contributed by atoms with Gasteiger partial charge in [0.25, 0.3) is 0 Å². The Morgan fingerprint density at radius 2 is 2.06 bits per heavy atom. The highest BCUT2D eigenvalue weighted by Crippen LogP contribution is 2.53. The van der Waals surface area contributed by atoms with Gasteiger partial charge in [-0.15, -0.1) is 0 Å². The molecule has 8 heteroatoms. The average Bonchev–Trinajstić information content (AvgIpc) is 2.78. The molecule has 7 nitrogen and oxygen atoms in total. The molecule has 0 aromatic heterocycles. The first kappa shape index (κ1) is 27.1. The summed E-state index contributed by atoms with van der Waals surface area (Å²) in [6, 6.07) is 5.79. The summed E-state index contributed by atoms with van der Waals surface area (Å²) in [7, 11) is 0. The van der Waals surface area contributed by atoms with Gasteiger partial charge in [-0.1, -0.05) is 12.1 Å². The van der Waals surface area contributed by atoms with Gasteiger partial charge in [0.05, 0.1) is 12.2 Å². The number of hydrogen-bond acceptors (Lipinski definition) is 6. The highest BCUT2D eigenvalue weighted by Gasteiger charge is 2.51. The number of ether oxygens (including phenoxy) is 3. The maximum Gasteiger partial charge on any atom is 0.408 e. The van der Waals surface area contributed by atoms with Crippen molar-refractivity contribution in [2.24, 2.45) is 11.8 Å². The first-order chi connectivity index (χ1) is 16.9. The third kappa shape index (κ3) is 5.96. The summed E-state index contributed by atoms with van der Waals surface area (Å²) >= 11 is 1.66. The summed E-state index contributed by atoms with van der Waals surface area (Å²) in [6.45, 7) is 13.1. The molecule has 0 radical (unpaired) electrons. The van der Waals surface area contributed by atoms with Crippen molar-refractivity contribution >= 4 is 23.8 Å². The monoisotopic (exact) mass is 518 g/mol. The number of rotatable bonds is 5. The molecule has 3 heterocycles. The zero-order valence-electron chi connectivity index (χ0n) is 22.8. The third-order valence-corrected chi connectivity index (χ3v) is 8.20. The average molecular weight is 519 g/mol. The third-order valence-electron chi connectivity index (χ3n) is 7.56. The Bertz CT molecular complexity index is 975. The molecule has 0 spiro atoms. The molecule has 1 aromatic rings. The van der Waals surface area contributed by atoms with Gasteiger partial charge in [0.15, 0.2) is 0 Å². The molecular formula is C28H42N2O5S. The number of thioether (sulfide) groups is 1. The second-order valence-electron chi connectivity index (χ2n) is 12.0. The molecule has 3 aliphatic rings. The van der Waals surface area contributed by atoms with E-state index in [1.165, 1.54) is 5.56 Å². The Balaban J connectivity index is 1.46. The number of amides is 2. The van der Waals surface area contributed by atoms with Crippen LogP contribution in [0.25, 0.3) is 0 Å². The summed E-state index contributed by atoms with van der Waals surface area (Å²) in [6.07, 6.45) is 3.89. The number of carbonyl (C=O) groups is 2.